The Kier molecular flexibility index (Phi) is 6.95. The molecule has 1 aromatic carbocycles. The zero-order valence-corrected chi connectivity index (χ0v) is 17.1. The standard InChI is InChI=1S/C21H26N6O3/c1-26(2)19-13-14-22-21(25-19)24-17-8-6-16(7-9-17)23-20(28)12-5-15-3-10-18(11-4-15)27(29)30/h3-5,10-14,16-17H,6-9H2,1-2H3,(H,23,28)(H,22,24,25). The number of carbonyl (C=O) groups excluding carboxylic acids is 1. The third-order valence-corrected chi connectivity index (χ3v) is 5.04. The molecule has 9 nitrogen and oxygen atoms in total. The third kappa shape index (κ3) is 6.00. The number of nitrogens with one attached hydrogen (secondary N) is 2. The zero-order valence-electron chi connectivity index (χ0n) is 17.1. The summed E-state index contributed by atoms with van der Waals surface area (Å²) in [6.45, 7) is 0. The number of aromatic nitrogens is 2. The molecule has 1 aromatic heterocycles. The lowest BCUT2D eigenvalue weighted by atomic mass is 9.91. The van der Waals surface area contributed by atoms with Crippen molar-refractivity contribution in [2.24, 2.45) is 0 Å². The van der Waals surface area contributed by atoms with Crippen LogP contribution in [0, 0.1) is 10.1 Å². The number of rotatable bonds is 7. The molecule has 1 amide bonds. The fraction of sp³-hybridized carbons (Fsp3) is 0.381. The molecule has 0 unspecified atom stereocenters. The highest BCUT2D eigenvalue weighted by Crippen LogP contribution is 2.22. The van der Waals surface area contributed by atoms with E-state index in [9.17, 15) is 14.9 Å². The minimum Gasteiger partial charge on any atom is -0.363 e. The number of nitrogens with zero attached hydrogens (tertiary/aromatic N) is 4. The molecule has 0 saturated heterocycles. The molecule has 0 atom stereocenters. The van der Waals surface area contributed by atoms with Gasteiger partial charge < -0.3 is 15.5 Å². The Morgan fingerprint density at radius 3 is 2.43 bits per heavy atom. The van der Waals surface area contributed by atoms with Gasteiger partial charge in [0.1, 0.15) is 5.82 Å². The summed E-state index contributed by atoms with van der Waals surface area (Å²) in [6.07, 6.45) is 8.46. The number of non-ortho nitro benzene ring substituents is 1. The Bertz CT molecular complexity index is 905. The summed E-state index contributed by atoms with van der Waals surface area (Å²) >= 11 is 0. The van der Waals surface area contributed by atoms with Crippen LogP contribution in [0.2, 0.25) is 0 Å². The number of hydrogen-bond acceptors (Lipinski definition) is 7. The van der Waals surface area contributed by atoms with E-state index in [4.69, 9.17) is 0 Å². The van der Waals surface area contributed by atoms with Crippen LogP contribution in [-0.2, 0) is 4.79 Å². The minimum absolute atomic E-state index is 0.0285. The SMILES string of the molecule is CN(C)c1ccnc(NC2CCC(NC(=O)C=Cc3ccc([N+](=O)[O-])cc3)CC2)n1. The van der Waals surface area contributed by atoms with Gasteiger partial charge in [-0.3, -0.25) is 14.9 Å². The van der Waals surface area contributed by atoms with E-state index in [1.165, 1.54) is 18.2 Å². The summed E-state index contributed by atoms with van der Waals surface area (Å²) in [6, 6.07) is 8.35. The van der Waals surface area contributed by atoms with Gasteiger partial charge >= 0.3 is 0 Å². The van der Waals surface area contributed by atoms with Crippen LogP contribution >= 0.6 is 0 Å². The zero-order chi connectivity index (χ0) is 21.5. The quantitative estimate of drug-likeness (QED) is 0.410. The number of amides is 1. The molecular weight excluding hydrogens is 384 g/mol. The summed E-state index contributed by atoms with van der Waals surface area (Å²) < 4.78 is 0. The molecule has 0 bridgehead atoms. The van der Waals surface area contributed by atoms with Crippen LogP contribution in [0.25, 0.3) is 6.08 Å². The summed E-state index contributed by atoms with van der Waals surface area (Å²) in [5.41, 5.74) is 0.768. The van der Waals surface area contributed by atoms with Gasteiger partial charge in [0.15, 0.2) is 0 Å². The van der Waals surface area contributed by atoms with Crippen molar-refractivity contribution in [3.63, 3.8) is 0 Å². The summed E-state index contributed by atoms with van der Waals surface area (Å²) in [5.74, 6) is 1.32. The average molecular weight is 410 g/mol. The van der Waals surface area contributed by atoms with Crippen LogP contribution in [-0.4, -0.2) is 47.0 Å². The molecule has 1 fully saturated rings. The highest BCUT2D eigenvalue weighted by Gasteiger charge is 2.22. The van der Waals surface area contributed by atoms with E-state index in [0.717, 1.165) is 37.1 Å². The maximum absolute atomic E-state index is 12.2. The van der Waals surface area contributed by atoms with Crippen molar-refractivity contribution >= 4 is 29.4 Å². The molecule has 1 saturated carbocycles. The van der Waals surface area contributed by atoms with E-state index in [-0.39, 0.29) is 23.7 Å². The van der Waals surface area contributed by atoms with Gasteiger partial charge in [-0.25, -0.2) is 4.98 Å². The average Bonchev–Trinajstić information content (AvgIpc) is 2.74. The Morgan fingerprint density at radius 2 is 1.80 bits per heavy atom. The molecule has 0 spiro atoms. The fourth-order valence-electron chi connectivity index (χ4n) is 3.36. The number of nitro groups is 1. The van der Waals surface area contributed by atoms with Gasteiger partial charge in [-0.05, 0) is 55.5 Å². The van der Waals surface area contributed by atoms with E-state index in [1.807, 2.05) is 25.1 Å². The second kappa shape index (κ2) is 9.82. The van der Waals surface area contributed by atoms with Gasteiger partial charge in [0.05, 0.1) is 4.92 Å². The highest BCUT2D eigenvalue weighted by atomic mass is 16.6. The lowest BCUT2D eigenvalue weighted by Crippen LogP contribution is -2.39. The molecule has 2 aromatic rings. The number of hydrogen-bond donors (Lipinski definition) is 2. The molecule has 3 rings (SSSR count). The first-order valence-corrected chi connectivity index (χ1v) is 9.90. The van der Waals surface area contributed by atoms with Crippen LogP contribution in [0.15, 0.2) is 42.6 Å². The smallest absolute Gasteiger partial charge is 0.269 e. The molecule has 0 aliphatic heterocycles. The van der Waals surface area contributed by atoms with E-state index in [2.05, 4.69) is 20.6 Å². The van der Waals surface area contributed by atoms with E-state index in [1.54, 1.807) is 24.4 Å². The van der Waals surface area contributed by atoms with Crippen LogP contribution in [0.5, 0.6) is 0 Å². The monoisotopic (exact) mass is 410 g/mol. The maximum atomic E-state index is 12.2. The minimum atomic E-state index is -0.448. The maximum Gasteiger partial charge on any atom is 0.269 e. The molecule has 30 heavy (non-hydrogen) atoms. The van der Waals surface area contributed by atoms with E-state index in [0.29, 0.717) is 5.95 Å². The summed E-state index contributed by atoms with van der Waals surface area (Å²) in [4.78, 5) is 33.1. The molecule has 2 N–H and O–H groups in total. The lowest BCUT2D eigenvalue weighted by molar-refractivity contribution is -0.384. The fourth-order valence-corrected chi connectivity index (χ4v) is 3.36. The number of carbonyl (C=O) groups is 1. The van der Waals surface area contributed by atoms with Gasteiger partial charge in [0.25, 0.3) is 5.69 Å². The Labute approximate surface area is 175 Å². The first-order valence-electron chi connectivity index (χ1n) is 9.90. The highest BCUT2D eigenvalue weighted by molar-refractivity contribution is 5.91. The van der Waals surface area contributed by atoms with Gasteiger partial charge in [-0.1, -0.05) is 0 Å². The number of benzene rings is 1. The number of anilines is 2. The van der Waals surface area contributed by atoms with Gasteiger partial charge in [-0.15, -0.1) is 0 Å². The molecule has 158 valence electrons. The number of nitro benzene ring substituents is 1. The Hall–Kier alpha value is -3.49. The van der Waals surface area contributed by atoms with Crippen molar-refractivity contribution in [1.29, 1.82) is 0 Å². The lowest BCUT2D eigenvalue weighted by Gasteiger charge is -2.29. The first kappa shape index (κ1) is 21.2. The Morgan fingerprint density at radius 1 is 1.13 bits per heavy atom. The summed E-state index contributed by atoms with van der Waals surface area (Å²) in [7, 11) is 3.88. The first-order chi connectivity index (χ1) is 14.4. The van der Waals surface area contributed by atoms with Crippen molar-refractivity contribution in [3.05, 3.63) is 58.3 Å². The van der Waals surface area contributed by atoms with E-state index >= 15 is 0 Å². The largest absolute Gasteiger partial charge is 0.363 e. The van der Waals surface area contributed by atoms with Crippen LogP contribution in [0.1, 0.15) is 31.2 Å². The van der Waals surface area contributed by atoms with Gasteiger partial charge in [0, 0.05) is 50.6 Å². The van der Waals surface area contributed by atoms with Crippen LogP contribution in [0.4, 0.5) is 17.5 Å². The Balaban J connectivity index is 1.44. The topological polar surface area (TPSA) is 113 Å². The molecule has 0 radical (unpaired) electrons. The van der Waals surface area contributed by atoms with Crippen molar-refractivity contribution in [1.82, 2.24) is 15.3 Å². The third-order valence-electron chi connectivity index (χ3n) is 5.04. The normalized spacial score (nSPS) is 18.7. The van der Waals surface area contributed by atoms with Gasteiger partial charge in [-0.2, -0.15) is 4.98 Å². The van der Waals surface area contributed by atoms with E-state index < -0.39 is 4.92 Å². The molecule has 9 heteroatoms. The van der Waals surface area contributed by atoms with Crippen molar-refractivity contribution in [2.75, 3.05) is 24.3 Å². The molecular formula is C21H26N6O3. The molecule has 1 aliphatic rings. The predicted molar refractivity (Wildman–Crippen MR) is 116 cm³/mol. The second-order valence-corrected chi connectivity index (χ2v) is 7.52. The van der Waals surface area contributed by atoms with Crippen LogP contribution < -0.4 is 15.5 Å². The van der Waals surface area contributed by atoms with Crippen molar-refractivity contribution in [2.45, 2.75) is 37.8 Å². The second-order valence-electron chi connectivity index (χ2n) is 7.52. The molecule has 1 aliphatic carbocycles. The predicted octanol–water partition coefficient (Wildman–Crippen LogP) is 3.00. The summed E-state index contributed by atoms with van der Waals surface area (Å²) in [5, 5.41) is 17.1. The van der Waals surface area contributed by atoms with Crippen molar-refractivity contribution < 1.29 is 9.72 Å². The van der Waals surface area contributed by atoms with Crippen molar-refractivity contribution in [3.8, 4) is 0 Å². The van der Waals surface area contributed by atoms with Crippen LogP contribution in [0.3, 0.4) is 0 Å². The molecule has 1 heterocycles. The van der Waals surface area contributed by atoms with Gasteiger partial charge in [0.2, 0.25) is 11.9 Å².